The van der Waals surface area contributed by atoms with E-state index in [1.54, 1.807) is 44.3 Å². The number of amides is 1. The fourth-order valence-corrected chi connectivity index (χ4v) is 5.24. The normalized spacial score (nSPS) is 16.1. The number of piperazine rings is 1. The van der Waals surface area contributed by atoms with Crippen LogP contribution in [0.2, 0.25) is 0 Å². The number of H-pyrrole nitrogens is 1. The molecule has 4 aromatic rings. The Labute approximate surface area is 244 Å². The minimum atomic E-state index is -1.04. The van der Waals surface area contributed by atoms with Crippen molar-refractivity contribution in [3.05, 3.63) is 94.5 Å². The van der Waals surface area contributed by atoms with Crippen molar-refractivity contribution < 1.29 is 24.6 Å². The summed E-state index contributed by atoms with van der Waals surface area (Å²) in [6.45, 7) is 7.89. The molecule has 1 fully saturated rings. The molecule has 4 N–H and O–H groups in total. The maximum Gasteiger partial charge on any atom is 0.336 e. The van der Waals surface area contributed by atoms with Crippen LogP contribution in [0.1, 0.15) is 44.3 Å². The second-order valence-electron chi connectivity index (χ2n) is 10.5. The van der Waals surface area contributed by atoms with Gasteiger partial charge in [0.25, 0.3) is 5.91 Å². The maximum absolute atomic E-state index is 13.0. The quantitative estimate of drug-likeness (QED) is 0.174. The number of nitrogens with one attached hydrogen (secondary N) is 2. The van der Waals surface area contributed by atoms with Crippen LogP contribution in [0.5, 0.6) is 5.88 Å². The number of aliphatic imine (C=N–C) groups is 1. The largest absolute Gasteiger partial charge is 0.494 e. The lowest BCUT2D eigenvalue weighted by molar-refractivity contribution is -0.110. The highest BCUT2D eigenvalue weighted by molar-refractivity contribution is 6.22. The number of hydroxylamine groups is 2. The number of aromatic nitrogens is 1. The maximum atomic E-state index is 13.0. The molecule has 1 saturated heterocycles. The fourth-order valence-electron chi connectivity index (χ4n) is 5.24. The van der Waals surface area contributed by atoms with E-state index in [-0.39, 0.29) is 17.4 Å². The summed E-state index contributed by atoms with van der Waals surface area (Å²) in [4.78, 5) is 40.4. The van der Waals surface area contributed by atoms with Crippen molar-refractivity contribution in [2.24, 2.45) is 4.99 Å². The van der Waals surface area contributed by atoms with E-state index >= 15 is 0 Å². The van der Waals surface area contributed by atoms with Gasteiger partial charge in [-0.2, -0.15) is 0 Å². The molecule has 1 aromatic heterocycles. The van der Waals surface area contributed by atoms with Gasteiger partial charge < -0.3 is 20.5 Å². The predicted octanol–water partition coefficient (Wildman–Crippen LogP) is 4.35. The Hall–Kier alpha value is -4.51. The van der Waals surface area contributed by atoms with Crippen LogP contribution in [0, 0.1) is 6.92 Å². The number of carboxylic acids is 1. The SMILES string of the molecule is Cc1cc2c(C(=Nc3ccc(C(=O)N(C)OCCN4CCNC(C)C4)cc3)c3ccccc3)c(O)[nH]c2cc1C(=O)O. The zero-order chi connectivity index (χ0) is 29.8. The molecule has 0 radical (unpaired) electrons. The number of benzene rings is 3. The van der Waals surface area contributed by atoms with E-state index in [2.05, 4.69) is 22.1 Å². The summed E-state index contributed by atoms with van der Waals surface area (Å²) in [5.41, 5.74) is 3.98. The van der Waals surface area contributed by atoms with Gasteiger partial charge in [-0.1, -0.05) is 30.3 Å². The first-order valence-corrected chi connectivity index (χ1v) is 13.9. The van der Waals surface area contributed by atoms with E-state index < -0.39 is 5.97 Å². The topological polar surface area (TPSA) is 130 Å². The van der Waals surface area contributed by atoms with Crippen LogP contribution in [0.3, 0.4) is 0 Å². The molecule has 0 saturated carbocycles. The van der Waals surface area contributed by atoms with Crippen molar-refractivity contribution >= 4 is 34.2 Å². The highest BCUT2D eigenvalue weighted by atomic mass is 16.7. The predicted molar refractivity (Wildman–Crippen MR) is 162 cm³/mol. The molecular weight excluding hydrogens is 534 g/mol. The van der Waals surface area contributed by atoms with Gasteiger partial charge in [0, 0.05) is 61.3 Å². The third-order valence-corrected chi connectivity index (χ3v) is 7.42. The van der Waals surface area contributed by atoms with Crippen LogP contribution >= 0.6 is 0 Å². The molecule has 1 aliphatic rings. The van der Waals surface area contributed by atoms with Crippen LogP contribution in [-0.2, 0) is 4.84 Å². The van der Waals surface area contributed by atoms with E-state index in [0.717, 1.165) is 31.7 Å². The number of rotatable bonds is 9. The summed E-state index contributed by atoms with van der Waals surface area (Å²) < 4.78 is 0. The van der Waals surface area contributed by atoms with E-state index in [0.29, 0.717) is 51.6 Å². The average molecular weight is 570 g/mol. The van der Waals surface area contributed by atoms with Gasteiger partial charge in [-0.25, -0.2) is 14.9 Å². The number of aromatic carboxylic acids is 1. The van der Waals surface area contributed by atoms with Gasteiger partial charge in [-0.3, -0.25) is 14.5 Å². The Kier molecular flexibility index (Phi) is 8.67. The lowest BCUT2D eigenvalue weighted by Gasteiger charge is -2.31. The van der Waals surface area contributed by atoms with Crippen molar-refractivity contribution in [1.82, 2.24) is 20.3 Å². The summed E-state index contributed by atoms with van der Waals surface area (Å²) >= 11 is 0. The first-order chi connectivity index (χ1) is 20.2. The second kappa shape index (κ2) is 12.6. The van der Waals surface area contributed by atoms with Crippen molar-refractivity contribution in [1.29, 1.82) is 0 Å². The van der Waals surface area contributed by atoms with Crippen molar-refractivity contribution in [3.8, 4) is 5.88 Å². The first-order valence-electron chi connectivity index (χ1n) is 13.9. The molecule has 218 valence electrons. The fraction of sp³-hybridized carbons (Fsp3) is 0.281. The van der Waals surface area contributed by atoms with Gasteiger partial charge in [0.05, 0.1) is 29.1 Å². The van der Waals surface area contributed by atoms with Gasteiger partial charge in [0.2, 0.25) is 0 Å². The summed E-state index contributed by atoms with van der Waals surface area (Å²) in [6.07, 6.45) is 0. The van der Waals surface area contributed by atoms with Crippen molar-refractivity contribution in [2.75, 3.05) is 39.8 Å². The van der Waals surface area contributed by atoms with Crippen LogP contribution in [-0.4, -0.2) is 88.6 Å². The molecule has 1 unspecified atom stereocenters. The van der Waals surface area contributed by atoms with Crippen LogP contribution in [0.4, 0.5) is 5.69 Å². The Morgan fingerprint density at radius 2 is 1.83 bits per heavy atom. The first kappa shape index (κ1) is 29.0. The lowest BCUT2D eigenvalue weighted by atomic mass is 9.98. The number of aromatic hydroxyl groups is 1. The average Bonchev–Trinajstić information content (AvgIpc) is 3.29. The van der Waals surface area contributed by atoms with E-state index in [1.165, 1.54) is 11.1 Å². The number of carbonyl (C=O) groups excluding carboxylic acids is 1. The molecule has 5 rings (SSSR count). The van der Waals surface area contributed by atoms with Crippen molar-refractivity contribution in [3.63, 3.8) is 0 Å². The molecule has 0 bridgehead atoms. The van der Waals surface area contributed by atoms with Gasteiger partial charge in [0.1, 0.15) is 0 Å². The molecule has 0 spiro atoms. The molecule has 3 aromatic carbocycles. The zero-order valence-electron chi connectivity index (χ0n) is 23.9. The lowest BCUT2D eigenvalue weighted by Crippen LogP contribution is -2.50. The van der Waals surface area contributed by atoms with Gasteiger partial charge in [0.15, 0.2) is 5.88 Å². The van der Waals surface area contributed by atoms with Gasteiger partial charge in [-0.05, 0) is 55.8 Å². The number of hydrogen-bond donors (Lipinski definition) is 4. The number of carbonyl (C=O) groups is 2. The summed E-state index contributed by atoms with van der Waals surface area (Å²) in [5.74, 6) is -1.42. The summed E-state index contributed by atoms with van der Waals surface area (Å²) in [6, 6.07) is 20.0. The molecule has 1 aliphatic heterocycles. The number of fused-ring (bicyclic) bond motifs is 1. The zero-order valence-corrected chi connectivity index (χ0v) is 23.9. The monoisotopic (exact) mass is 569 g/mol. The van der Waals surface area contributed by atoms with E-state index in [9.17, 15) is 19.8 Å². The molecule has 1 amide bonds. The molecule has 10 nitrogen and oxygen atoms in total. The minimum absolute atomic E-state index is 0.115. The number of hydrogen-bond acceptors (Lipinski definition) is 7. The Morgan fingerprint density at radius 1 is 1.10 bits per heavy atom. The smallest absolute Gasteiger partial charge is 0.336 e. The third-order valence-electron chi connectivity index (χ3n) is 7.42. The van der Waals surface area contributed by atoms with Crippen LogP contribution in [0.25, 0.3) is 10.9 Å². The standard InChI is InChI=1S/C32H35N5O5/c1-20-17-26-27(18-25(20)32(40)41)35-30(38)28(26)29(22-7-5-4-6-8-22)34-24-11-9-23(10-12-24)31(39)36(3)42-16-15-37-14-13-33-21(2)19-37/h4-12,17-18,21,33,35,38H,13-16,19H2,1-3H3,(H,40,41). The molecule has 1 atom stereocenters. The Balaban J connectivity index is 1.38. The molecule has 2 heterocycles. The van der Waals surface area contributed by atoms with Crippen LogP contribution < -0.4 is 5.32 Å². The highest BCUT2D eigenvalue weighted by Gasteiger charge is 2.21. The molecule has 42 heavy (non-hydrogen) atoms. The number of nitrogens with zero attached hydrogens (tertiary/aromatic N) is 3. The summed E-state index contributed by atoms with van der Waals surface area (Å²) in [7, 11) is 1.61. The Morgan fingerprint density at radius 3 is 2.52 bits per heavy atom. The number of aryl methyl sites for hydroxylation is 1. The van der Waals surface area contributed by atoms with E-state index in [4.69, 9.17) is 9.83 Å². The number of aromatic amines is 1. The Bertz CT molecular complexity index is 1610. The highest BCUT2D eigenvalue weighted by Crippen LogP contribution is 2.33. The summed E-state index contributed by atoms with van der Waals surface area (Å²) in [5, 5.41) is 25.8. The third kappa shape index (κ3) is 6.36. The van der Waals surface area contributed by atoms with Gasteiger partial charge >= 0.3 is 5.97 Å². The van der Waals surface area contributed by atoms with E-state index in [1.807, 2.05) is 30.3 Å². The molecule has 0 aliphatic carbocycles. The van der Waals surface area contributed by atoms with Crippen molar-refractivity contribution in [2.45, 2.75) is 19.9 Å². The van der Waals surface area contributed by atoms with Crippen LogP contribution in [0.15, 0.2) is 71.7 Å². The minimum Gasteiger partial charge on any atom is -0.494 e. The number of carboxylic acid groups (broad SMARTS) is 1. The molecule has 10 heteroatoms. The molecular formula is C32H35N5O5. The van der Waals surface area contributed by atoms with Gasteiger partial charge in [-0.15, -0.1) is 0 Å². The second-order valence-corrected chi connectivity index (χ2v) is 10.5.